The Morgan fingerprint density at radius 1 is 0.868 bits per heavy atom. The fourth-order valence-electron chi connectivity index (χ4n) is 4.31. The van der Waals surface area contributed by atoms with Gasteiger partial charge < -0.3 is 4.74 Å². The van der Waals surface area contributed by atoms with E-state index in [9.17, 15) is 9.18 Å². The van der Waals surface area contributed by atoms with Crippen molar-refractivity contribution in [2.45, 2.75) is 39.0 Å². The molecule has 0 aliphatic carbocycles. The van der Waals surface area contributed by atoms with Crippen LogP contribution in [-0.4, -0.2) is 5.97 Å². The Labute approximate surface area is 225 Å². The molecule has 0 aliphatic rings. The summed E-state index contributed by atoms with van der Waals surface area (Å²) in [6.07, 6.45) is 10.5. The lowest BCUT2D eigenvalue weighted by molar-refractivity contribution is 0.0734. The molecule has 0 radical (unpaired) electrons. The van der Waals surface area contributed by atoms with E-state index in [0.29, 0.717) is 22.8 Å². The molecule has 0 N–H and O–H groups in total. The van der Waals surface area contributed by atoms with Crippen LogP contribution in [0.3, 0.4) is 0 Å². The maximum absolute atomic E-state index is 14.8. The van der Waals surface area contributed by atoms with E-state index in [1.54, 1.807) is 24.3 Å². The minimum atomic E-state index is -0.409. The van der Waals surface area contributed by atoms with Gasteiger partial charge in [-0.05, 0) is 84.7 Å². The maximum atomic E-state index is 14.8. The second-order valence-corrected chi connectivity index (χ2v) is 9.47. The molecule has 1 atom stereocenters. The van der Waals surface area contributed by atoms with Crippen molar-refractivity contribution in [3.8, 4) is 5.75 Å². The SMILES string of the molecule is C/C=C/CCc1ccc(OC(=O)c2ccc(C=Cc3ccc(C[C@@H](C)c4ccccc4)cc3F)cc2)cc1. The molecule has 0 heterocycles. The Balaban J connectivity index is 1.33. The highest BCUT2D eigenvalue weighted by Crippen LogP contribution is 2.23. The number of carbonyl (C=O) groups is 1. The molecule has 2 nitrogen and oxygen atoms in total. The zero-order chi connectivity index (χ0) is 26.7. The van der Waals surface area contributed by atoms with Crippen molar-refractivity contribution in [2.24, 2.45) is 0 Å². The molecule has 0 aromatic heterocycles. The number of hydrogen-bond donors (Lipinski definition) is 0. The number of rotatable bonds is 10. The van der Waals surface area contributed by atoms with Crippen molar-refractivity contribution >= 4 is 18.1 Å². The summed E-state index contributed by atoms with van der Waals surface area (Å²) in [4.78, 5) is 12.5. The third kappa shape index (κ3) is 7.63. The molecular weight excluding hydrogens is 471 g/mol. The van der Waals surface area contributed by atoms with E-state index < -0.39 is 5.97 Å². The van der Waals surface area contributed by atoms with Gasteiger partial charge in [-0.1, -0.05) is 98.0 Å². The van der Waals surface area contributed by atoms with Crippen LogP contribution < -0.4 is 4.74 Å². The normalized spacial score (nSPS) is 12.2. The van der Waals surface area contributed by atoms with E-state index in [0.717, 1.165) is 30.4 Å². The first-order valence-corrected chi connectivity index (χ1v) is 13.1. The second kappa shape index (κ2) is 13.3. The van der Waals surface area contributed by atoms with Crippen molar-refractivity contribution in [3.05, 3.63) is 148 Å². The molecule has 0 spiro atoms. The summed E-state index contributed by atoms with van der Waals surface area (Å²) in [6.45, 7) is 4.17. The highest BCUT2D eigenvalue weighted by Gasteiger charge is 2.10. The van der Waals surface area contributed by atoms with Crippen LogP contribution in [0.1, 0.15) is 64.4 Å². The van der Waals surface area contributed by atoms with Gasteiger partial charge >= 0.3 is 5.97 Å². The van der Waals surface area contributed by atoms with Gasteiger partial charge in [0.2, 0.25) is 0 Å². The van der Waals surface area contributed by atoms with E-state index in [2.05, 4.69) is 25.1 Å². The Morgan fingerprint density at radius 3 is 2.26 bits per heavy atom. The second-order valence-electron chi connectivity index (χ2n) is 9.47. The van der Waals surface area contributed by atoms with Crippen LogP contribution in [0.25, 0.3) is 12.2 Å². The molecular formula is C35H33FO2. The lowest BCUT2D eigenvalue weighted by atomic mass is 9.93. The summed E-state index contributed by atoms with van der Waals surface area (Å²) in [5.74, 6) is 0.182. The molecule has 0 saturated heterocycles. The summed E-state index contributed by atoms with van der Waals surface area (Å²) in [5, 5.41) is 0. The molecule has 4 rings (SSSR count). The van der Waals surface area contributed by atoms with Crippen LogP contribution in [-0.2, 0) is 12.8 Å². The molecule has 0 unspecified atom stereocenters. The maximum Gasteiger partial charge on any atom is 0.343 e. The molecule has 0 aliphatic heterocycles. The summed E-state index contributed by atoms with van der Waals surface area (Å²) >= 11 is 0. The standard InChI is InChI=1S/C35H33FO2/c1-3-4-6-9-27-16-22-33(23-17-27)38-35(37)32-20-13-28(14-21-32)12-18-31-19-15-29(25-34(31)36)24-26(2)30-10-7-5-8-11-30/h3-5,7-8,10-23,25-26H,6,9,24H2,1-2H3/b4-3+,18-12?/t26-/m1/s1. The molecule has 0 saturated carbocycles. The number of halogens is 1. The highest BCUT2D eigenvalue weighted by molar-refractivity contribution is 5.91. The van der Waals surface area contributed by atoms with Crippen LogP contribution in [0.5, 0.6) is 5.75 Å². The Kier molecular flexibility index (Phi) is 9.42. The predicted octanol–water partition coefficient (Wildman–Crippen LogP) is 9.07. The fraction of sp³-hybridized carbons (Fsp3) is 0.171. The van der Waals surface area contributed by atoms with E-state index in [1.807, 2.05) is 85.8 Å². The quantitative estimate of drug-likeness (QED) is 0.0932. The topological polar surface area (TPSA) is 26.3 Å². The third-order valence-corrected chi connectivity index (χ3v) is 6.55. The van der Waals surface area contributed by atoms with Crippen LogP contribution in [0.4, 0.5) is 4.39 Å². The van der Waals surface area contributed by atoms with Crippen molar-refractivity contribution in [1.82, 2.24) is 0 Å². The van der Waals surface area contributed by atoms with Crippen molar-refractivity contribution in [1.29, 1.82) is 0 Å². The van der Waals surface area contributed by atoms with Crippen LogP contribution >= 0.6 is 0 Å². The van der Waals surface area contributed by atoms with Gasteiger partial charge in [0, 0.05) is 5.56 Å². The first kappa shape index (κ1) is 26.8. The molecule has 4 aromatic rings. The summed E-state index contributed by atoms with van der Waals surface area (Å²) in [6, 6.07) is 30.4. The average Bonchev–Trinajstić information content (AvgIpc) is 2.94. The monoisotopic (exact) mass is 504 g/mol. The zero-order valence-corrected chi connectivity index (χ0v) is 21.9. The smallest absolute Gasteiger partial charge is 0.343 e. The number of ether oxygens (including phenoxy) is 1. The first-order chi connectivity index (χ1) is 18.5. The molecule has 4 aromatic carbocycles. The number of benzene rings is 4. The highest BCUT2D eigenvalue weighted by atomic mass is 19.1. The molecule has 38 heavy (non-hydrogen) atoms. The van der Waals surface area contributed by atoms with Gasteiger partial charge in [-0.25, -0.2) is 9.18 Å². The molecule has 3 heteroatoms. The zero-order valence-electron chi connectivity index (χ0n) is 21.9. The number of carbonyl (C=O) groups excluding carboxylic acids is 1. The van der Waals surface area contributed by atoms with Crippen LogP contribution in [0.2, 0.25) is 0 Å². The number of allylic oxidation sites excluding steroid dienone is 2. The lowest BCUT2D eigenvalue weighted by Crippen LogP contribution is -2.08. The number of hydrogen-bond acceptors (Lipinski definition) is 2. The van der Waals surface area contributed by atoms with Gasteiger partial charge in [-0.2, -0.15) is 0 Å². The average molecular weight is 505 g/mol. The summed E-state index contributed by atoms with van der Waals surface area (Å²) in [5.41, 5.74) is 5.28. The van der Waals surface area contributed by atoms with Crippen molar-refractivity contribution < 1.29 is 13.9 Å². The van der Waals surface area contributed by atoms with Gasteiger partial charge in [0.15, 0.2) is 0 Å². The Hall–Kier alpha value is -4.24. The van der Waals surface area contributed by atoms with E-state index >= 15 is 0 Å². The first-order valence-electron chi connectivity index (χ1n) is 13.1. The Morgan fingerprint density at radius 2 is 1.58 bits per heavy atom. The Bertz CT molecular complexity index is 1380. The van der Waals surface area contributed by atoms with Crippen molar-refractivity contribution in [2.75, 3.05) is 0 Å². The molecule has 0 fully saturated rings. The van der Waals surface area contributed by atoms with Gasteiger partial charge in [0.25, 0.3) is 0 Å². The fourth-order valence-corrected chi connectivity index (χ4v) is 4.31. The third-order valence-electron chi connectivity index (χ3n) is 6.55. The summed E-state index contributed by atoms with van der Waals surface area (Å²) < 4.78 is 20.3. The number of esters is 1. The largest absolute Gasteiger partial charge is 0.423 e. The van der Waals surface area contributed by atoms with Crippen LogP contribution in [0, 0.1) is 5.82 Å². The van der Waals surface area contributed by atoms with E-state index in [1.165, 1.54) is 11.1 Å². The van der Waals surface area contributed by atoms with Crippen LogP contribution in [0.15, 0.2) is 109 Å². The van der Waals surface area contributed by atoms with E-state index in [-0.39, 0.29) is 5.82 Å². The predicted molar refractivity (Wildman–Crippen MR) is 155 cm³/mol. The van der Waals surface area contributed by atoms with Gasteiger partial charge in [-0.3, -0.25) is 0 Å². The molecule has 0 amide bonds. The minimum Gasteiger partial charge on any atom is -0.423 e. The minimum absolute atomic E-state index is 0.243. The molecule has 192 valence electrons. The number of aryl methyl sites for hydroxylation is 1. The summed E-state index contributed by atoms with van der Waals surface area (Å²) in [7, 11) is 0. The van der Waals surface area contributed by atoms with E-state index in [4.69, 9.17) is 4.74 Å². The molecule has 0 bridgehead atoms. The van der Waals surface area contributed by atoms with Gasteiger partial charge in [0.1, 0.15) is 11.6 Å². The van der Waals surface area contributed by atoms with Crippen molar-refractivity contribution in [3.63, 3.8) is 0 Å². The van der Waals surface area contributed by atoms with Gasteiger partial charge in [-0.15, -0.1) is 0 Å². The lowest BCUT2D eigenvalue weighted by Gasteiger charge is -2.12. The van der Waals surface area contributed by atoms with Gasteiger partial charge in [0.05, 0.1) is 5.56 Å².